The van der Waals surface area contributed by atoms with Gasteiger partial charge in [-0.05, 0) is 64.7 Å². The number of carbonyl (C=O) groups excluding carboxylic acids is 4. The number of hydrogen-bond acceptors (Lipinski definition) is 7. The molecule has 366 valence electrons. The van der Waals surface area contributed by atoms with Crippen LogP contribution in [0, 0.1) is 11.8 Å². The second-order valence-corrected chi connectivity index (χ2v) is 17.5. The highest BCUT2D eigenvalue weighted by molar-refractivity contribution is 5.84. The molecule has 2 amide bonds. The van der Waals surface area contributed by atoms with Crippen molar-refractivity contribution in [3.8, 4) is 0 Å². The molecule has 0 aromatic rings. The van der Waals surface area contributed by atoms with Crippen LogP contribution in [0.5, 0.6) is 0 Å². The number of nitrogens with two attached hydrogens (primary N) is 2. The van der Waals surface area contributed by atoms with Crippen LogP contribution >= 0.6 is 0 Å². The highest BCUT2D eigenvalue weighted by Gasteiger charge is 2.20. The summed E-state index contributed by atoms with van der Waals surface area (Å²) < 4.78 is 11.4. The van der Waals surface area contributed by atoms with Gasteiger partial charge in [-0.25, -0.2) is 0 Å². The van der Waals surface area contributed by atoms with Crippen molar-refractivity contribution in [3.63, 3.8) is 0 Å². The van der Waals surface area contributed by atoms with E-state index >= 15 is 0 Å². The number of unbranched alkanes of at least 4 members (excludes halogenated alkanes) is 23. The predicted molar refractivity (Wildman–Crippen MR) is 261 cm³/mol. The van der Waals surface area contributed by atoms with Gasteiger partial charge in [0.05, 0.1) is 31.6 Å². The fourth-order valence-electron chi connectivity index (χ4n) is 7.56. The molecule has 0 fully saturated rings. The second kappa shape index (κ2) is 49.2. The van der Waals surface area contributed by atoms with Crippen LogP contribution in [-0.2, 0) is 28.7 Å². The first-order valence-electron chi connectivity index (χ1n) is 26.1. The number of ether oxygens (including phenoxy) is 2. The molecule has 0 heterocycles. The molecule has 0 aromatic heterocycles. The van der Waals surface area contributed by atoms with Gasteiger partial charge < -0.3 is 31.6 Å². The Kier molecular flexibility index (Phi) is 48.6. The van der Waals surface area contributed by atoms with Gasteiger partial charge in [0.1, 0.15) is 0 Å². The van der Waals surface area contributed by atoms with Gasteiger partial charge in [0, 0.05) is 19.5 Å². The summed E-state index contributed by atoms with van der Waals surface area (Å²) in [6, 6.07) is 0. The first kappa shape index (κ1) is 61.2. The van der Waals surface area contributed by atoms with E-state index in [0.29, 0.717) is 32.7 Å². The number of rotatable bonds is 44. The molecule has 0 rings (SSSR count). The van der Waals surface area contributed by atoms with E-state index in [0.717, 1.165) is 109 Å². The number of amides is 2. The van der Waals surface area contributed by atoms with Crippen molar-refractivity contribution in [1.82, 2.24) is 10.6 Å². The Morgan fingerprint density at radius 2 is 0.790 bits per heavy atom. The quantitative estimate of drug-likeness (QED) is 0.0202. The molecule has 62 heavy (non-hydrogen) atoms. The largest absolute Gasteiger partial charge is 0.465 e. The summed E-state index contributed by atoms with van der Waals surface area (Å²) >= 11 is 0. The molecule has 0 saturated heterocycles. The molecule has 0 aliphatic heterocycles. The zero-order valence-electron chi connectivity index (χ0n) is 41.3. The van der Waals surface area contributed by atoms with Crippen molar-refractivity contribution >= 4 is 29.7 Å². The van der Waals surface area contributed by atoms with E-state index < -0.39 is 0 Å². The van der Waals surface area contributed by atoms with Crippen LogP contribution in [0.2, 0.25) is 0 Å². The molecule has 0 saturated carbocycles. The van der Waals surface area contributed by atoms with Gasteiger partial charge in [-0.15, -0.1) is 0 Å². The van der Waals surface area contributed by atoms with Crippen molar-refractivity contribution in [1.29, 1.82) is 0 Å². The minimum atomic E-state index is -0.160. The summed E-state index contributed by atoms with van der Waals surface area (Å²) in [7, 11) is 0. The molecule has 11 heteroatoms. The number of esters is 2. The zero-order valence-corrected chi connectivity index (χ0v) is 41.3. The van der Waals surface area contributed by atoms with Crippen molar-refractivity contribution in [2.75, 3.05) is 32.8 Å². The summed E-state index contributed by atoms with van der Waals surface area (Å²) in [4.78, 5) is 53.7. The fraction of sp³-hybridized carbons (Fsp3) is 0.902. The lowest BCUT2D eigenvalue weighted by Crippen LogP contribution is -2.37. The number of aliphatic imine (C=N–C) groups is 1. The zero-order chi connectivity index (χ0) is 46.2. The molecule has 0 aromatic carbocycles. The van der Waals surface area contributed by atoms with Crippen LogP contribution in [-0.4, -0.2) is 62.6 Å². The van der Waals surface area contributed by atoms with Gasteiger partial charge >= 0.3 is 11.9 Å². The Bertz CT molecular complexity index is 982. The molecular formula is C51H101N5O6. The molecule has 2 atom stereocenters. The van der Waals surface area contributed by atoms with Crippen LogP contribution in [0.3, 0.4) is 0 Å². The van der Waals surface area contributed by atoms with Gasteiger partial charge in [0.25, 0.3) is 0 Å². The first-order valence-corrected chi connectivity index (χ1v) is 26.1. The minimum absolute atomic E-state index is 0.000624. The summed E-state index contributed by atoms with van der Waals surface area (Å²) in [5.74, 6) is 0.00909. The summed E-state index contributed by atoms with van der Waals surface area (Å²) in [6.45, 7) is 13.0. The molecule has 0 radical (unpaired) electrons. The monoisotopic (exact) mass is 880 g/mol. The van der Waals surface area contributed by atoms with Crippen molar-refractivity contribution < 1.29 is 28.7 Å². The maximum Gasteiger partial charge on any atom is 0.308 e. The third-order valence-corrected chi connectivity index (χ3v) is 11.5. The number of guanidine groups is 1. The Labute approximate surface area is 382 Å². The second-order valence-electron chi connectivity index (χ2n) is 17.5. The number of nitrogens with one attached hydrogen (secondary N) is 2. The van der Waals surface area contributed by atoms with Crippen LogP contribution in [0.1, 0.15) is 253 Å². The predicted octanol–water partition coefficient (Wildman–Crippen LogP) is 12.2. The van der Waals surface area contributed by atoms with Crippen molar-refractivity contribution in [2.24, 2.45) is 28.3 Å². The molecular weight excluding hydrogens is 779 g/mol. The SMILES string of the molecule is CCCCCCCCC(CCCCCC)C(=O)OCCCCCCCC(=O)NCC(=O)NCCCCCCOC(=O)C(CCCCCC)CCCCCCCC.CCN=C(N)N. The lowest BCUT2D eigenvalue weighted by molar-refractivity contribution is -0.150. The third kappa shape index (κ3) is 45.2. The average Bonchev–Trinajstić information content (AvgIpc) is 3.25. The molecule has 0 bridgehead atoms. The lowest BCUT2D eigenvalue weighted by atomic mass is 9.94. The Morgan fingerprint density at radius 3 is 1.18 bits per heavy atom. The number of carbonyl (C=O) groups is 4. The van der Waals surface area contributed by atoms with Gasteiger partial charge in [-0.1, -0.05) is 182 Å². The van der Waals surface area contributed by atoms with E-state index in [1.54, 1.807) is 0 Å². The van der Waals surface area contributed by atoms with Crippen LogP contribution in [0.4, 0.5) is 0 Å². The van der Waals surface area contributed by atoms with E-state index in [2.05, 4.69) is 43.3 Å². The van der Waals surface area contributed by atoms with Crippen LogP contribution in [0.15, 0.2) is 4.99 Å². The molecule has 0 aliphatic rings. The minimum Gasteiger partial charge on any atom is -0.465 e. The van der Waals surface area contributed by atoms with Crippen molar-refractivity contribution in [3.05, 3.63) is 0 Å². The standard InChI is InChI=1S/C48H92N2O6.C3H9N3/c1-5-9-13-17-20-28-36-43(34-26-15-11-7-3)47(53)55-40-32-24-19-22-30-38-45(51)50-42-46(52)49-39-31-23-25-33-41-56-48(54)44(35-27-16-12-8-4)37-29-21-18-14-10-6-2;1-2-6-3(4)5/h43-44H,5-42H2,1-4H3,(H,49,52)(H,50,51);2H2,1H3,(H4,4,5,6). The Hall–Kier alpha value is -2.85. The number of nitrogens with zero attached hydrogens (tertiary/aromatic N) is 1. The normalized spacial score (nSPS) is 11.8. The molecule has 11 nitrogen and oxygen atoms in total. The summed E-state index contributed by atoms with van der Waals surface area (Å²) in [6.07, 6.45) is 36.9. The number of hydrogen-bond donors (Lipinski definition) is 4. The van der Waals surface area contributed by atoms with Crippen LogP contribution < -0.4 is 22.1 Å². The smallest absolute Gasteiger partial charge is 0.308 e. The highest BCUT2D eigenvalue weighted by Crippen LogP contribution is 2.22. The Balaban J connectivity index is 0. The Morgan fingerprint density at radius 1 is 0.435 bits per heavy atom. The third-order valence-electron chi connectivity index (χ3n) is 11.5. The highest BCUT2D eigenvalue weighted by atomic mass is 16.5. The van der Waals surface area contributed by atoms with E-state index in [1.807, 2.05) is 6.92 Å². The van der Waals surface area contributed by atoms with Gasteiger partial charge in [0.15, 0.2) is 5.96 Å². The molecule has 6 N–H and O–H groups in total. The molecule has 2 unspecified atom stereocenters. The molecule has 0 spiro atoms. The average molecular weight is 880 g/mol. The summed E-state index contributed by atoms with van der Waals surface area (Å²) in [5, 5.41) is 5.64. The fourth-order valence-corrected chi connectivity index (χ4v) is 7.56. The maximum atomic E-state index is 12.8. The topological polar surface area (TPSA) is 175 Å². The van der Waals surface area contributed by atoms with E-state index in [1.165, 1.54) is 103 Å². The van der Waals surface area contributed by atoms with Gasteiger partial charge in [0.2, 0.25) is 11.8 Å². The van der Waals surface area contributed by atoms with Crippen LogP contribution in [0.25, 0.3) is 0 Å². The maximum absolute atomic E-state index is 12.8. The van der Waals surface area contributed by atoms with Crippen molar-refractivity contribution in [2.45, 2.75) is 253 Å². The first-order chi connectivity index (χ1) is 30.2. The van der Waals surface area contributed by atoms with E-state index in [-0.39, 0.29) is 48.1 Å². The lowest BCUT2D eigenvalue weighted by Gasteiger charge is -2.16. The van der Waals surface area contributed by atoms with E-state index in [9.17, 15) is 19.2 Å². The summed E-state index contributed by atoms with van der Waals surface area (Å²) in [5.41, 5.74) is 9.86. The molecule has 0 aliphatic carbocycles. The van der Waals surface area contributed by atoms with Gasteiger partial charge in [-0.3, -0.25) is 24.2 Å². The van der Waals surface area contributed by atoms with E-state index in [4.69, 9.17) is 20.9 Å². The van der Waals surface area contributed by atoms with Gasteiger partial charge in [-0.2, -0.15) is 0 Å².